The monoisotopic (exact) mass is 480 g/mol. The van der Waals surface area contributed by atoms with Crippen LogP contribution in [0.5, 0.6) is 0 Å². The van der Waals surface area contributed by atoms with Crippen molar-refractivity contribution in [2.24, 2.45) is 0 Å². The third kappa shape index (κ3) is 3.53. The van der Waals surface area contributed by atoms with Crippen LogP contribution < -0.4 is 0 Å². The van der Waals surface area contributed by atoms with Crippen LogP contribution in [0.2, 0.25) is 0 Å². The average Bonchev–Trinajstić information content (AvgIpc) is 3.30. The highest BCUT2D eigenvalue weighted by molar-refractivity contribution is 7.89. The molecule has 1 aromatic heterocycles. The average molecular weight is 481 g/mol. The van der Waals surface area contributed by atoms with Gasteiger partial charge in [0.1, 0.15) is 0 Å². The van der Waals surface area contributed by atoms with Crippen LogP contribution in [0.1, 0.15) is 41.8 Å². The molecular formula is C30H28N2O2S. The Morgan fingerprint density at radius 3 is 2.23 bits per heavy atom. The third-order valence-electron chi connectivity index (χ3n) is 7.35. The summed E-state index contributed by atoms with van der Waals surface area (Å²) in [6.45, 7) is 7.11. The number of aromatic nitrogens is 1. The van der Waals surface area contributed by atoms with Crippen molar-refractivity contribution in [3.05, 3.63) is 107 Å². The highest BCUT2D eigenvalue weighted by Crippen LogP contribution is 2.49. The van der Waals surface area contributed by atoms with Crippen molar-refractivity contribution in [3.63, 3.8) is 0 Å². The fourth-order valence-electron chi connectivity index (χ4n) is 5.55. The van der Waals surface area contributed by atoms with Gasteiger partial charge in [-0.05, 0) is 47.7 Å². The molecule has 0 N–H and O–H groups in total. The third-order valence-corrected chi connectivity index (χ3v) is 9.15. The van der Waals surface area contributed by atoms with Crippen LogP contribution >= 0.6 is 0 Å². The van der Waals surface area contributed by atoms with Crippen molar-refractivity contribution in [1.82, 2.24) is 9.29 Å². The van der Waals surface area contributed by atoms with E-state index in [1.54, 1.807) is 16.4 Å². The van der Waals surface area contributed by atoms with E-state index in [1.165, 1.54) is 11.1 Å². The maximum absolute atomic E-state index is 13.7. The molecule has 35 heavy (non-hydrogen) atoms. The molecule has 0 unspecified atom stereocenters. The van der Waals surface area contributed by atoms with E-state index in [1.807, 2.05) is 37.3 Å². The van der Waals surface area contributed by atoms with Crippen molar-refractivity contribution in [2.45, 2.75) is 50.6 Å². The van der Waals surface area contributed by atoms with E-state index in [4.69, 9.17) is 4.98 Å². The minimum atomic E-state index is -3.65. The van der Waals surface area contributed by atoms with Crippen molar-refractivity contribution < 1.29 is 8.42 Å². The largest absolute Gasteiger partial charge is 0.251 e. The lowest BCUT2D eigenvalue weighted by molar-refractivity contribution is 0.432. The second-order valence-electron chi connectivity index (χ2n) is 10.3. The van der Waals surface area contributed by atoms with Gasteiger partial charge in [0, 0.05) is 29.6 Å². The fraction of sp³-hybridized carbons (Fsp3) is 0.233. The minimum absolute atomic E-state index is 0.161. The van der Waals surface area contributed by atoms with Crippen LogP contribution in [-0.4, -0.2) is 17.7 Å². The number of hydrogen-bond donors (Lipinski definition) is 0. The summed E-state index contributed by atoms with van der Waals surface area (Å²) in [4.78, 5) is 5.62. The summed E-state index contributed by atoms with van der Waals surface area (Å²) in [6, 6.07) is 25.8. The molecule has 1 aliphatic heterocycles. The number of nitrogens with zero attached hydrogens (tertiary/aromatic N) is 2. The van der Waals surface area contributed by atoms with Crippen LogP contribution in [0.25, 0.3) is 22.4 Å². The van der Waals surface area contributed by atoms with Gasteiger partial charge in [0.2, 0.25) is 10.0 Å². The molecule has 0 saturated heterocycles. The van der Waals surface area contributed by atoms with Crippen LogP contribution in [0.15, 0.2) is 83.8 Å². The zero-order valence-electron chi connectivity index (χ0n) is 20.2. The first kappa shape index (κ1) is 22.2. The van der Waals surface area contributed by atoms with Crippen LogP contribution in [0, 0.1) is 6.92 Å². The van der Waals surface area contributed by atoms with E-state index in [2.05, 4.69) is 50.2 Å². The molecular weight excluding hydrogens is 452 g/mol. The minimum Gasteiger partial charge on any atom is -0.251 e. The van der Waals surface area contributed by atoms with E-state index in [-0.39, 0.29) is 5.41 Å². The zero-order valence-corrected chi connectivity index (χ0v) is 21.1. The van der Waals surface area contributed by atoms with Crippen molar-refractivity contribution in [2.75, 3.05) is 0 Å². The van der Waals surface area contributed by atoms with Gasteiger partial charge in [0.05, 0.1) is 16.3 Å². The second kappa shape index (κ2) is 7.87. The van der Waals surface area contributed by atoms with Crippen molar-refractivity contribution in [3.8, 4) is 22.4 Å². The number of pyridine rings is 1. The number of aryl methyl sites for hydroxylation is 1. The molecule has 0 amide bonds. The molecule has 5 heteroatoms. The van der Waals surface area contributed by atoms with Crippen molar-refractivity contribution >= 4 is 10.0 Å². The first-order valence-electron chi connectivity index (χ1n) is 12.0. The van der Waals surface area contributed by atoms with Gasteiger partial charge < -0.3 is 0 Å². The molecule has 0 atom stereocenters. The van der Waals surface area contributed by atoms with E-state index >= 15 is 0 Å². The molecule has 0 fully saturated rings. The molecule has 2 aliphatic rings. The Hall–Kier alpha value is -3.28. The molecule has 6 rings (SSSR count). The number of fused-ring (bicyclic) bond motifs is 5. The molecule has 0 bridgehead atoms. The molecule has 2 heterocycles. The number of hydrogen-bond acceptors (Lipinski definition) is 3. The lowest BCUT2D eigenvalue weighted by atomic mass is 9.71. The molecule has 0 radical (unpaired) electrons. The van der Waals surface area contributed by atoms with Gasteiger partial charge >= 0.3 is 0 Å². The maximum atomic E-state index is 13.7. The van der Waals surface area contributed by atoms with Gasteiger partial charge in [-0.15, -0.1) is 0 Å². The van der Waals surface area contributed by atoms with Gasteiger partial charge in [-0.25, -0.2) is 8.42 Å². The van der Waals surface area contributed by atoms with Gasteiger partial charge in [-0.1, -0.05) is 86.1 Å². The summed E-state index contributed by atoms with van der Waals surface area (Å²) in [6.07, 6.45) is 0.904. The predicted octanol–water partition coefficient (Wildman–Crippen LogP) is 6.26. The Balaban J connectivity index is 1.59. The van der Waals surface area contributed by atoms with E-state index in [9.17, 15) is 8.42 Å². The van der Waals surface area contributed by atoms with Crippen LogP contribution in [0.3, 0.4) is 0 Å². The molecule has 4 aromatic rings. The van der Waals surface area contributed by atoms with Crippen LogP contribution in [0.4, 0.5) is 0 Å². The molecule has 3 aromatic carbocycles. The van der Waals surface area contributed by atoms with Gasteiger partial charge in [0.25, 0.3) is 0 Å². The Morgan fingerprint density at radius 2 is 1.49 bits per heavy atom. The van der Waals surface area contributed by atoms with E-state index in [0.29, 0.717) is 18.0 Å². The maximum Gasteiger partial charge on any atom is 0.243 e. The molecule has 0 saturated carbocycles. The summed E-state index contributed by atoms with van der Waals surface area (Å²) in [5.41, 5.74) is 9.55. The smallest absolute Gasteiger partial charge is 0.243 e. The van der Waals surface area contributed by atoms with E-state index < -0.39 is 10.0 Å². The molecule has 176 valence electrons. The summed E-state index contributed by atoms with van der Waals surface area (Å²) < 4.78 is 29.0. The standard InChI is InChI=1S/C30H28N2O2S/c1-20-13-15-23(16-14-20)35(33,34)32-18-25-26(19-32)28(21-9-5-4-6-10-21)31-29-27(25)24-12-8-7-11-22(24)17-30(29,2)3/h4-16H,17-19H2,1-3H3. The quantitative estimate of drug-likeness (QED) is 0.348. The molecule has 0 spiro atoms. The Kier molecular flexibility index (Phi) is 4.99. The summed E-state index contributed by atoms with van der Waals surface area (Å²) >= 11 is 0. The topological polar surface area (TPSA) is 50.3 Å². The second-order valence-corrected chi connectivity index (χ2v) is 12.2. The summed E-state index contributed by atoms with van der Waals surface area (Å²) in [5, 5.41) is 0. The fourth-order valence-corrected chi connectivity index (χ4v) is 6.92. The number of rotatable bonds is 3. The SMILES string of the molecule is Cc1ccc(S(=O)(=O)N2Cc3c(-c4ccccc4)nc4c(c3C2)-c2ccccc2CC4(C)C)cc1. The molecule has 4 nitrogen and oxygen atoms in total. The zero-order chi connectivity index (χ0) is 24.4. The number of sulfonamides is 1. The van der Waals surface area contributed by atoms with Crippen molar-refractivity contribution in [1.29, 1.82) is 0 Å². The highest BCUT2D eigenvalue weighted by atomic mass is 32.2. The summed E-state index contributed by atoms with van der Waals surface area (Å²) in [5.74, 6) is 0. The lowest BCUT2D eigenvalue weighted by Gasteiger charge is -2.35. The van der Waals surface area contributed by atoms with Gasteiger partial charge in [-0.3, -0.25) is 4.98 Å². The Morgan fingerprint density at radius 1 is 0.829 bits per heavy atom. The normalized spacial score (nSPS) is 16.4. The Bertz CT molecular complexity index is 1560. The highest BCUT2D eigenvalue weighted by Gasteiger charge is 2.40. The van der Waals surface area contributed by atoms with Crippen LogP contribution in [-0.2, 0) is 34.9 Å². The lowest BCUT2D eigenvalue weighted by Crippen LogP contribution is -2.28. The first-order chi connectivity index (χ1) is 16.8. The Labute approximate surface area is 207 Å². The summed E-state index contributed by atoms with van der Waals surface area (Å²) in [7, 11) is -3.65. The molecule has 1 aliphatic carbocycles. The van der Waals surface area contributed by atoms with Gasteiger partial charge in [-0.2, -0.15) is 4.31 Å². The predicted molar refractivity (Wildman–Crippen MR) is 139 cm³/mol. The van der Waals surface area contributed by atoms with Gasteiger partial charge in [0.15, 0.2) is 0 Å². The number of benzene rings is 3. The van der Waals surface area contributed by atoms with E-state index in [0.717, 1.165) is 45.6 Å². The first-order valence-corrected chi connectivity index (χ1v) is 13.5.